The SMILES string of the molecule is CCNC(=NCc1c(CC)noc1CC)NCC1CCN(c2ccc(F)c(F)c2)C1.I. The molecule has 0 saturated carbocycles. The summed E-state index contributed by atoms with van der Waals surface area (Å²) in [5.41, 5.74) is 2.76. The van der Waals surface area contributed by atoms with Gasteiger partial charge >= 0.3 is 0 Å². The van der Waals surface area contributed by atoms with Crippen molar-refractivity contribution < 1.29 is 13.3 Å². The van der Waals surface area contributed by atoms with Gasteiger partial charge in [-0.2, -0.15) is 0 Å². The molecule has 0 bridgehead atoms. The van der Waals surface area contributed by atoms with Crippen molar-refractivity contribution in [2.75, 3.05) is 31.1 Å². The third kappa shape index (κ3) is 6.54. The van der Waals surface area contributed by atoms with Crippen LogP contribution in [0.2, 0.25) is 0 Å². The number of aliphatic imine (C=N–C) groups is 1. The molecule has 1 aromatic heterocycles. The second-order valence-electron chi connectivity index (χ2n) is 7.51. The average molecular weight is 547 g/mol. The highest BCUT2D eigenvalue weighted by molar-refractivity contribution is 14.0. The molecule has 2 N–H and O–H groups in total. The fourth-order valence-electron chi connectivity index (χ4n) is 3.77. The van der Waals surface area contributed by atoms with Gasteiger partial charge in [0.15, 0.2) is 17.6 Å². The zero-order valence-electron chi connectivity index (χ0n) is 18.4. The van der Waals surface area contributed by atoms with E-state index >= 15 is 0 Å². The summed E-state index contributed by atoms with van der Waals surface area (Å²) in [4.78, 5) is 6.82. The summed E-state index contributed by atoms with van der Waals surface area (Å²) in [7, 11) is 0. The van der Waals surface area contributed by atoms with E-state index in [0.717, 1.165) is 74.1 Å². The maximum Gasteiger partial charge on any atom is 0.191 e. The van der Waals surface area contributed by atoms with Crippen LogP contribution in [0, 0.1) is 17.6 Å². The van der Waals surface area contributed by atoms with Gasteiger partial charge in [0.1, 0.15) is 5.76 Å². The summed E-state index contributed by atoms with van der Waals surface area (Å²) in [5, 5.41) is 10.8. The first-order chi connectivity index (χ1) is 14.5. The van der Waals surface area contributed by atoms with Gasteiger partial charge in [-0.1, -0.05) is 19.0 Å². The Morgan fingerprint density at radius 3 is 2.68 bits per heavy atom. The predicted octanol–water partition coefficient (Wildman–Crippen LogP) is 4.28. The summed E-state index contributed by atoms with van der Waals surface area (Å²) in [6.45, 7) is 9.82. The molecule has 1 atom stereocenters. The first kappa shape index (κ1) is 25.4. The molecule has 0 aliphatic carbocycles. The number of aryl methyl sites for hydroxylation is 2. The Balaban J connectivity index is 0.00000341. The zero-order valence-corrected chi connectivity index (χ0v) is 20.7. The molecule has 1 unspecified atom stereocenters. The van der Waals surface area contributed by atoms with Crippen LogP contribution in [-0.4, -0.2) is 37.3 Å². The van der Waals surface area contributed by atoms with Crippen molar-refractivity contribution in [2.24, 2.45) is 10.9 Å². The lowest BCUT2D eigenvalue weighted by molar-refractivity contribution is 0.380. The minimum atomic E-state index is -0.812. The molecule has 6 nitrogen and oxygen atoms in total. The normalized spacial score (nSPS) is 16.4. The van der Waals surface area contributed by atoms with Crippen molar-refractivity contribution in [3.63, 3.8) is 0 Å². The van der Waals surface area contributed by atoms with Crippen LogP contribution in [-0.2, 0) is 19.4 Å². The fraction of sp³-hybridized carbons (Fsp3) is 0.545. The van der Waals surface area contributed by atoms with Crippen molar-refractivity contribution in [2.45, 2.75) is 46.6 Å². The van der Waals surface area contributed by atoms with Gasteiger partial charge < -0.3 is 20.1 Å². The molecule has 3 rings (SSSR count). The van der Waals surface area contributed by atoms with E-state index in [1.807, 2.05) is 6.92 Å². The highest BCUT2D eigenvalue weighted by Crippen LogP contribution is 2.25. The molecule has 1 aliphatic rings. The van der Waals surface area contributed by atoms with E-state index in [1.165, 1.54) is 12.1 Å². The molecule has 1 saturated heterocycles. The van der Waals surface area contributed by atoms with Crippen LogP contribution in [0.15, 0.2) is 27.7 Å². The minimum absolute atomic E-state index is 0. The van der Waals surface area contributed by atoms with Gasteiger partial charge in [-0.3, -0.25) is 0 Å². The number of halogens is 3. The number of hydrogen-bond acceptors (Lipinski definition) is 4. The molecule has 0 radical (unpaired) electrons. The Morgan fingerprint density at radius 2 is 2.00 bits per heavy atom. The second-order valence-corrected chi connectivity index (χ2v) is 7.51. The van der Waals surface area contributed by atoms with Gasteiger partial charge in [0.2, 0.25) is 0 Å². The third-order valence-electron chi connectivity index (χ3n) is 5.46. The molecule has 172 valence electrons. The van der Waals surface area contributed by atoms with Crippen LogP contribution >= 0.6 is 24.0 Å². The molecule has 2 heterocycles. The number of guanidine groups is 1. The Bertz CT molecular complexity index is 852. The van der Waals surface area contributed by atoms with Crippen molar-refractivity contribution in [3.05, 3.63) is 46.9 Å². The molecule has 9 heteroatoms. The van der Waals surface area contributed by atoms with Crippen LogP contribution in [0.1, 0.15) is 44.2 Å². The quantitative estimate of drug-likeness (QED) is 0.294. The van der Waals surface area contributed by atoms with E-state index in [2.05, 4.69) is 34.5 Å². The first-order valence-electron chi connectivity index (χ1n) is 10.7. The summed E-state index contributed by atoms with van der Waals surface area (Å²) in [6, 6.07) is 4.09. The maximum atomic E-state index is 13.5. The molecule has 1 aliphatic heterocycles. The number of nitrogens with zero attached hydrogens (tertiary/aromatic N) is 3. The first-order valence-corrected chi connectivity index (χ1v) is 10.7. The maximum absolute atomic E-state index is 13.5. The molecule has 1 aromatic carbocycles. The molecule has 2 aromatic rings. The van der Waals surface area contributed by atoms with Crippen LogP contribution in [0.25, 0.3) is 0 Å². The molecule has 0 spiro atoms. The highest BCUT2D eigenvalue weighted by Gasteiger charge is 2.23. The molecular formula is C22H32F2IN5O. The van der Waals surface area contributed by atoms with Crippen molar-refractivity contribution in [3.8, 4) is 0 Å². The highest BCUT2D eigenvalue weighted by atomic mass is 127. The summed E-state index contributed by atoms with van der Waals surface area (Å²) < 4.78 is 32.1. The predicted molar refractivity (Wildman–Crippen MR) is 130 cm³/mol. The van der Waals surface area contributed by atoms with Crippen LogP contribution in [0.4, 0.5) is 14.5 Å². The fourth-order valence-corrected chi connectivity index (χ4v) is 3.77. The van der Waals surface area contributed by atoms with E-state index in [0.29, 0.717) is 12.5 Å². The Hall–Kier alpha value is -1.91. The Kier molecular flexibility index (Phi) is 9.98. The largest absolute Gasteiger partial charge is 0.371 e. The number of benzene rings is 1. The molecule has 1 fully saturated rings. The number of anilines is 1. The number of aromatic nitrogens is 1. The van der Waals surface area contributed by atoms with E-state index < -0.39 is 11.6 Å². The Morgan fingerprint density at radius 1 is 1.19 bits per heavy atom. The molecule has 31 heavy (non-hydrogen) atoms. The summed E-state index contributed by atoms with van der Waals surface area (Å²) >= 11 is 0. The van der Waals surface area contributed by atoms with Crippen LogP contribution < -0.4 is 15.5 Å². The second kappa shape index (κ2) is 12.2. The number of hydrogen-bond donors (Lipinski definition) is 2. The lowest BCUT2D eigenvalue weighted by Gasteiger charge is -2.19. The summed E-state index contributed by atoms with van der Waals surface area (Å²) in [5.74, 6) is 0.434. The monoisotopic (exact) mass is 547 g/mol. The van der Waals surface area contributed by atoms with Gasteiger partial charge in [0, 0.05) is 49.9 Å². The van der Waals surface area contributed by atoms with Gasteiger partial charge in [-0.25, -0.2) is 13.8 Å². The minimum Gasteiger partial charge on any atom is -0.371 e. The smallest absolute Gasteiger partial charge is 0.191 e. The molecular weight excluding hydrogens is 515 g/mol. The van der Waals surface area contributed by atoms with Gasteiger partial charge in [0.05, 0.1) is 12.2 Å². The van der Waals surface area contributed by atoms with E-state index in [9.17, 15) is 8.78 Å². The zero-order chi connectivity index (χ0) is 21.5. The Labute approximate surface area is 199 Å². The van der Waals surface area contributed by atoms with Crippen LogP contribution in [0.5, 0.6) is 0 Å². The van der Waals surface area contributed by atoms with E-state index in [1.54, 1.807) is 6.07 Å². The standard InChI is InChI=1S/C22H31F2N5O.HI/c1-4-20-17(21(5-2)30-28-20)13-27-22(25-6-3)26-12-15-9-10-29(14-15)16-7-8-18(23)19(24)11-16;/h7-8,11,15H,4-6,9-10,12-14H2,1-3H3,(H2,25,26,27);1H. The number of rotatable bonds is 8. The topological polar surface area (TPSA) is 65.7 Å². The van der Waals surface area contributed by atoms with Gasteiger partial charge in [0.25, 0.3) is 0 Å². The van der Waals surface area contributed by atoms with Crippen molar-refractivity contribution in [1.82, 2.24) is 15.8 Å². The van der Waals surface area contributed by atoms with Gasteiger partial charge in [-0.15, -0.1) is 24.0 Å². The van der Waals surface area contributed by atoms with Crippen molar-refractivity contribution >= 4 is 35.6 Å². The number of nitrogens with one attached hydrogen (secondary N) is 2. The summed E-state index contributed by atoms with van der Waals surface area (Å²) in [6.07, 6.45) is 2.60. The van der Waals surface area contributed by atoms with E-state index in [4.69, 9.17) is 9.52 Å². The van der Waals surface area contributed by atoms with Gasteiger partial charge in [-0.05, 0) is 37.8 Å². The lowest BCUT2D eigenvalue weighted by atomic mass is 10.1. The molecule has 0 amide bonds. The third-order valence-corrected chi connectivity index (χ3v) is 5.46. The average Bonchev–Trinajstić information content (AvgIpc) is 3.38. The lowest BCUT2D eigenvalue weighted by Crippen LogP contribution is -2.40. The van der Waals surface area contributed by atoms with Crippen LogP contribution in [0.3, 0.4) is 0 Å². The van der Waals surface area contributed by atoms with E-state index in [-0.39, 0.29) is 24.0 Å². The van der Waals surface area contributed by atoms with Crippen molar-refractivity contribution in [1.29, 1.82) is 0 Å².